The molecule has 3 aromatic heterocycles. The Bertz CT molecular complexity index is 2380. The normalized spacial score (nSPS) is 17.9. The number of allylic oxidation sites excluding steroid dienone is 1. The maximum atomic E-state index is 15.5. The van der Waals surface area contributed by atoms with Gasteiger partial charge >= 0.3 is 6.18 Å². The highest BCUT2D eigenvalue weighted by atomic mass is 19.4. The zero-order valence-corrected chi connectivity index (χ0v) is 28.0. The minimum absolute atomic E-state index is 0.0449. The fraction of sp³-hybridized carbons (Fsp3) is 0.263. The number of carbonyl (C=O) groups is 1. The predicted octanol–water partition coefficient (Wildman–Crippen LogP) is 6.97. The maximum absolute atomic E-state index is 15.5. The van der Waals surface area contributed by atoms with Crippen molar-refractivity contribution in [3.8, 4) is 23.0 Å². The van der Waals surface area contributed by atoms with Crippen LogP contribution in [-0.2, 0) is 29.9 Å². The smallest absolute Gasteiger partial charge is 0.383 e. The fourth-order valence-electron chi connectivity index (χ4n) is 6.98. The number of carbonyl (C=O) groups excluding carboxylic acids is 1. The van der Waals surface area contributed by atoms with Crippen molar-refractivity contribution in [2.75, 3.05) is 5.73 Å². The summed E-state index contributed by atoms with van der Waals surface area (Å²) < 4.78 is 102. The number of rotatable bonds is 7. The second-order valence-corrected chi connectivity index (χ2v) is 13.6. The van der Waals surface area contributed by atoms with Gasteiger partial charge in [0.2, 0.25) is 5.91 Å². The number of amides is 1. The van der Waals surface area contributed by atoms with E-state index in [0.717, 1.165) is 12.1 Å². The lowest BCUT2D eigenvalue weighted by molar-refractivity contribution is -0.142. The van der Waals surface area contributed by atoms with Crippen LogP contribution in [0.25, 0.3) is 21.9 Å². The van der Waals surface area contributed by atoms with Crippen molar-refractivity contribution in [2.24, 2.45) is 5.92 Å². The molecule has 1 saturated carbocycles. The Balaban J connectivity index is 1.36. The summed E-state index contributed by atoms with van der Waals surface area (Å²) in [5.41, 5.74) is 2.64. The van der Waals surface area contributed by atoms with Crippen molar-refractivity contribution in [2.45, 2.75) is 56.5 Å². The number of anilines is 1. The van der Waals surface area contributed by atoms with Crippen molar-refractivity contribution in [3.63, 3.8) is 0 Å². The Morgan fingerprint density at radius 3 is 2.47 bits per heavy atom. The molecule has 272 valence electrons. The number of nitrogens with zero attached hydrogens (tertiary/aromatic N) is 4. The molecule has 0 bridgehead atoms. The summed E-state index contributed by atoms with van der Waals surface area (Å²) in [4.78, 5) is 22.6. The number of aliphatic hydroxyl groups is 1. The van der Waals surface area contributed by atoms with Gasteiger partial charge in [-0.1, -0.05) is 36.3 Å². The molecule has 4 N–H and O–H groups in total. The highest BCUT2D eigenvalue weighted by Gasteiger charge is 2.71. The molecule has 3 heterocycles. The highest BCUT2D eigenvalue weighted by Crippen LogP contribution is 2.71. The van der Waals surface area contributed by atoms with Crippen LogP contribution in [0.4, 0.5) is 36.6 Å². The lowest BCUT2D eigenvalue weighted by atomic mass is 9.92. The SMILES string of the molecule is C=C1[C@@H]2c3c(C(F)(F)F)nn(CC(=O)N[C@@H](Cc4cc(F)cc(F)c4)c4nc(C#CC(C)(C)O)ccc4-c4cccc5c(N)nccc45)c3C(F)(F)[C@H]12. The van der Waals surface area contributed by atoms with Gasteiger partial charge in [0.15, 0.2) is 5.69 Å². The summed E-state index contributed by atoms with van der Waals surface area (Å²) in [6, 6.07) is 11.5. The quantitative estimate of drug-likeness (QED) is 0.0945. The monoisotopic (exact) mass is 734 g/mol. The second-order valence-electron chi connectivity index (χ2n) is 13.6. The first-order chi connectivity index (χ1) is 24.8. The van der Waals surface area contributed by atoms with Crippen LogP contribution in [0.15, 0.2) is 72.9 Å². The van der Waals surface area contributed by atoms with Gasteiger partial charge in [0.05, 0.1) is 17.7 Å². The zero-order valence-electron chi connectivity index (χ0n) is 28.0. The molecule has 2 aromatic carbocycles. The van der Waals surface area contributed by atoms with Gasteiger partial charge in [0, 0.05) is 34.7 Å². The van der Waals surface area contributed by atoms with E-state index in [1.165, 1.54) is 20.0 Å². The number of nitrogens with two attached hydrogens (primary N) is 1. The molecule has 0 saturated heterocycles. The Morgan fingerprint density at radius 1 is 1.08 bits per heavy atom. The van der Waals surface area contributed by atoms with Crippen molar-refractivity contribution in [1.29, 1.82) is 0 Å². The van der Waals surface area contributed by atoms with Crippen LogP contribution in [-0.4, -0.2) is 36.4 Å². The molecule has 8 nitrogen and oxygen atoms in total. The number of hydrogen-bond acceptors (Lipinski definition) is 6. The summed E-state index contributed by atoms with van der Waals surface area (Å²) in [7, 11) is 0. The van der Waals surface area contributed by atoms with Crippen LogP contribution in [0.2, 0.25) is 0 Å². The van der Waals surface area contributed by atoms with E-state index in [1.807, 2.05) is 0 Å². The summed E-state index contributed by atoms with van der Waals surface area (Å²) >= 11 is 0. The third-order valence-corrected chi connectivity index (χ3v) is 9.17. The Morgan fingerprint density at radius 2 is 1.79 bits per heavy atom. The van der Waals surface area contributed by atoms with Gasteiger partial charge in [0.25, 0.3) is 5.92 Å². The molecular weight excluding hydrogens is 705 g/mol. The van der Waals surface area contributed by atoms with Gasteiger partial charge < -0.3 is 16.2 Å². The number of hydrogen-bond donors (Lipinski definition) is 3. The number of aromatic nitrogens is 4. The molecule has 7 rings (SSSR count). The number of nitrogens with one attached hydrogen (secondary N) is 1. The number of benzene rings is 2. The average molecular weight is 735 g/mol. The van der Waals surface area contributed by atoms with E-state index in [1.54, 1.807) is 36.4 Å². The summed E-state index contributed by atoms with van der Waals surface area (Å²) in [6.45, 7) is 5.34. The molecule has 0 spiro atoms. The number of pyridine rings is 2. The topological polar surface area (TPSA) is 119 Å². The summed E-state index contributed by atoms with van der Waals surface area (Å²) in [5.74, 6) is -3.81. The van der Waals surface area contributed by atoms with E-state index in [-0.39, 0.29) is 34.8 Å². The molecule has 3 atom stereocenters. The lowest BCUT2D eigenvalue weighted by Crippen LogP contribution is -2.35. The van der Waals surface area contributed by atoms with Crippen molar-refractivity contribution >= 4 is 22.5 Å². The van der Waals surface area contributed by atoms with Gasteiger partial charge in [-0.2, -0.15) is 27.1 Å². The summed E-state index contributed by atoms with van der Waals surface area (Å²) in [6.07, 6.45) is -3.92. The third-order valence-electron chi connectivity index (χ3n) is 9.17. The van der Waals surface area contributed by atoms with E-state index >= 15 is 8.78 Å². The lowest BCUT2D eigenvalue weighted by Gasteiger charge is -2.23. The first kappa shape index (κ1) is 35.6. The van der Waals surface area contributed by atoms with Crippen LogP contribution < -0.4 is 11.1 Å². The maximum Gasteiger partial charge on any atom is 0.435 e. The molecule has 53 heavy (non-hydrogen) atoms. The van der Waals surface area contributed by atoms with E-state index in [9.17, 15) is 31.9 Å². The number of alkyl halides is 5. The molecule has 0 radical (unpaired) electrons. The molecular formula is C38H29F7N6O2. The molecule has 1 amide bonds. The van der Waals surface area contributed by atoms with Crippen molar-refractivity contribution < 1.29 is 40.6 Å². The van der Waals surface area contributed by atoms with E-state index in [2.05, 4.69) is 38.8 Å². The predicted molar refractivity (Wildman–Crippen MR) is 180 cm³/mol. The molecule has 2 aliphatic rings. The largest absolute Gasteiger partial charge is 0.435 e. The van der Waals surface area contributed by atoms with Crippen molar-refractivity contribution in [3.05, 3.63) is 118 Å². The third kappa shape index (κ3) is 6.59. The van der Waals surface area contributed by atoms with Crippen LogP contribution in [0.3, 0.4) is 0 Å². The van der Waals surface area contributed by atoms with E-state index in [0.29, 0.717) is 32.6 Å². The van der Waals surface area contributed by atoms with Crippen LogP contribution >= 0.6 is 0 Å². The molecule has 15 heteroatoms. The van der Waals surface area contributed by atoms with Gasteiger partial charge in [-0.25, -0.2) is 18.7 Å². The minimum atomic E-state index is -5.09. The van der Waals surface area contributed by atoms with E-state index in [4.69, 9.17) is 5.73 Å². The minimum Gasteiger partial charge on any atom is -0.383 e. The van der Waals surface area contributed by atoms with Crippen LogP contribution in [0.1, 0.15) is 59.7 Å². The molecule has 0 aliphatic heterocycles. The Kier molecular flexibility index (Phi) is 8.37. The van der Waals surface area contributed by atoms with E-state index < -0.39 is 76.6 Å². The highest BCUT2D eigenvalue weighted by molar-refractivity contribution is 6.01. The molecule has 2 aliphatic carbocycles. The molecule has 0 unspecified atom stereocenters. The van der Waals surface area contributed by atoms with Crippen molar-refractivity contribution in [1.82, 2.24) is 25.1 Å². The van der Waals surface area contributed by atoms with Crippen LogP contribution in [0.5, 0.6) is 0 Å². The summed E-state index contributed by atoms with van der Waals surface area (Å²) in [5, 5.41) is 17.5. The number of halogens is 7. The molecule has 1 fully saturated rings. The second kappa shape index (κ2) is 12.4. The van der Waals surface area contributed by atoms with Crippen LogP contribution in [0, 0.1) is 29.4 Å². The first-order valence-electron chi connectivity index (χ1n) is 16.2. The number of nitrogen functional groups attached to an aromatic ring is 1. The van der Waals surface area contributed by atoms with Gasteiger partial charge in [0.1, 0.15) is 41.0 Å². The zero-order chi connectivity index (χ0) is 38.2. The number of fused-ring (bicyclic) bond motifs is 4. The first-order valence-corrected chi connectivity index (χ1v) is 16.2. The van der Waals surface area contributed by atoms with Gasteiger partial charge in [-0.3, -0.25) is 9.48 Å². The average Bonchev–Trinajstić information content (AvgIpc) is 3.46. The standard InChI is InChI=1S/C38H29F7N6O2/c1-18-29-30-33(38(43,44)45)50-51(34(30)37(41,42)31(18)29)17-28(52)49-27(15-19-13-20(39)16-21(40)14-19)32-25(8-7-22(48-32)9-11-36(2,3)53)23-5-4-6-26-24(23)10-12-47-35(26)46/h4-8,10,12-14,16,27,29,31,53H,1,15,17H2,2-3H3,(H2,46,47)(H,49,52)/t27-,29+,31+/m0/s1. The Hall–Kier alpha value is -5.75. The van der Waals surface area contributed by atoms with Gasteiger partial charge in [-0.15, -0.1) is 0 Å². The van der Waals surface area contributed by atoms with Gasteiger partial charge in [-0.05, 0) is 73.0 Å². The molecule has 5 aromatic rings. The Labute approximate surface area is 297 Å². The fourth-order valence-corrected chi connectivity index (χ4v) is 6.98.